The van der Waals surface area contributed by atoms with Gasteiger partial charge in [0.25, 0.3) is 11.6 Å². The van der Waals surface area contributed by atoms with Crippen molar-refractivity contribution in [2.24, 2.45) is 0 Å². The molecular formula is C24H19N3O5. The summed E-state index contributed by atoms with van der Waals surface area (Å²) in [5.41, 5.74) is 2.63. The molecule has 0 aliphatic carbocycles. The van der Waals surface area contributed by atoms with Crippen molar-refractivity contribution < 1.29 is 18.9 Å². The molecule has 1 heterocycles. The zero-order valence-corrected chi connectivity index (χ0v) is 17.4. The Kier molecular flexibility index (Phi) is 5.67. The summed E-state index contributed by atoms with van der Waals surface area (Å²) in [7, 11) is 1.60. The first kappa shape index (κ1) is 20.8. The molecule has 1 N–H and O–H groups in total. The summed E-state index contributed by atoms with van der Waals surface area (Å²) in [6.07, 6.45) is 1.59. The molecule has 0 spiro atoms. The van der Waals surface area contributed by atoms with Gasteiger partial charge in [0.15, 0.2) is 5.76 Å². The van der Waals surface area contributed by atoms with E-state index in [1.54, 1.807) is 50.6 Å². The Bertz CT molecular complexity index is 1300. The Labute approximate surface area is 183 Å². The van der Waals surface area contributed by atoms with Crippen LogP contribution in [0.5, 0.6) is 5.75 Å². The van der Waals surface area contributed by atoms with Crippen molar-refractivity contribution in [2.45, 2.75) is 6.92 Å². The minimum absolute atomic E-state index is 0.101. The molecule has 1 amide bonds. The van der Waals surface area contributed by atoms with Gasteiger partial charge in [-0.25, -0.2) is 4.98 Å². The molecule has 0 atom stereocenters. The molecule has 0 aliphatic heterocycles. The number of benzene rings is 3. The average Bonchev–Trinajstić information content (AvgIpc) is 3.30. The van der Waals surface area contributed by atoms with Gasteiger partial charge in [-0.1, -0.05) is 18.2 Å². The highest BCUT2D eigenvalue weighted by Crippen LogP contribution is 2.30. The number of carbonyl (C=O) groups excluding carboxylic acids is 1. The Balaban J connectivity index is 1.64. The lowest BCUT2D eigenvalue weighted by molar-refractivity contribution is -0.384. The highest BCUT2D eigenvalue weighted by Gasteiger charge is 2.19. The number of ether oxygens (including phenoxy) is 1. The van der Waals surface area contributed by atoms with E-state index in [4.69, 9.17) is 9.15 Å². The van der Waals surface area contributed by atoms with Gasteiger partial charge in [0.05, 0.1) is 29.5 Å². The zero-order chi connectivity index (χ0) is 22.7. The molecule has 8 nitrogen and oxygen atoms in total. The zero-order valence-electron chi connectivity index (χ0n) is 17.4. The molecule has 0 fully saturated rings. The number of hydrogen-bond donors (Lipinski definition) is 1. The van der Waals surface area contributed by atoms with E-state index in [0.29, 0.717) is 28.1 Å². The second-order valence-electron chi connectivity index (χ2n) is 7.01. The SMILES string of the molecule is COc1ccc(-c2cnc(-c3ccccc3C(=O)Nc3cc([N+](=O)[O-])ccc3C)o2)cc1. The third kappa shape index (κ3) is 4.20. The second-order valence-corrected chi connectivity index (χ2v) is 7.01. The number of hydrogen-bond acceptors (Lipinski definition) is 6. The van der Waals surface area contributed by atoms with Crippen LogP contribution < -0.4 is 10.1 Å². The Morgan fingerprint density at radius 2 is 1.84 bits per heavy atom. The first-order valence-corrected chi connectivity index (χ1v) is 9.72. The summed E-state index contributed by atoms with van der Waals surface area (Å²) < 4.78 is 11.1. The van der Waals surface area contributed by atoms with Gasteiger partial charge in [0.2, 0.25) is 5.89 Å². The molecule has 0 saturated heterocycles. The number of aromatic nitrogens is 1. The van der Waals surface area contributed by atoms with Crippen LogP contribution in [-0.2, 0) is 0 Å². The van der Waals surface area contributed by atoms with Gasteiger partial charge in [-0.3, -0.25) is 14.9 Å². The average molecular weight is 429 g/mol. The molecule has 8 heteroatoms. The fraction of sp³-hybridized carbons (Fsp3) is 0.0833. The van der Waals surface area contributed by atoms with Gasteiger partial charge in [-0.05, 0) is 48.9 Å². The number of nitrogens with one attached hydrogen (secondary N) is 1. The van der Waals surface area contributed by atoms with E-state index in [1.165, 1.54) is 12.1 Å². The lowest BCUT2D eigenvalue weighted by Crippen LogP contribution is -2.14. The van der Waals surface area contributed by atoms with E-state index in [-0.39, 0.29) is 11.6 Å². The van der Waals surface area contributed by atoms with Crippen LogP contribution in [0.3, 0.4) is 0 Å². The van der Waals surface area contributed by atoms with Crippen LogP contribution in [0.25, 0.3) is 22.8 Å². The molecule has 0 bridgehead atoms. The third-order valence-electron chi connectivity index (χ3n) is 4.96. The Morgan fingerprint density at radius 1 is 1.09 bits per heavy atom. The number of anilines is 1. The van der Waals surface area contributed by atoms with Gasteiger partial charge < -0.3 is 14.5 Å². The molecule has 160 valence electrons. The van der Waals surface area contributed by atoms with E-state index in [2.05, 4.69) is 10.3 Å². The fourth-order valence-corrected chi connectivity index (χ4v) is 3.20. The maximum atomic E-state index is 13.0. The van der Waals surface area contributed by atoms with E-state index in [9.17, 15) is 14.9 Å². The quantitative estimate of drug-likeness (QED) is 0.321. The summed E-state index contributed by atoms with van der Waals surface area (Å²) in [5.74, 6) is 1.14. The van der Waals surface area contributed by atoms with E-state index in [0.717, 1.165) is 11.3 Å². The molecule has 3 aromatic carbocycles. The maximum Gasteiger partial charge on any atom is 0.271 e. The van der Waals surface area contributed by atoms with Crippen LogP contribution in [0.1, 0.15) is 15.9 Å². The second kappa shape index (κ2) is 8.73. The molecule has 32 heavy (non-hydrogen) atoms. The van der Waals surface area contributed by atoms with Crippen LogP contribution >= 0.6 is 0 Å². The number of methoxy groups -OCH3 is 1. The number of oxazole rings is 1. The first-order chi connectivity index (χ1) is 15.5. The van der Waals surface area contributed by atoms with Gasteiger partial charge in [-0.2, -0.15) is 0 Å². The molecule has 0 unspecified atom stereocenters. The van der Waals surface area contributed by atoms with Crippen molar-refractivity contribution in [1.82, 2.24) is 4.98 Å². The number of nitrogens with zero attached hydrogens (tertiary/aromatic N) is 2. The van der Waals surface area contributed by atoms with Crippen molar-refractivity contribution in [1.29, 1.82) is 0 Å². The summed E-state index contributed by atoms with van der Waals surface area (Å²) in [6.45, 7) is 1.76. The largest absolute Gasteiger partial charge is 0.497 e. The Hall–Kier alpha value is -4.46. The van der Waals surface area contributed by atoms with Crippen molar-refractivity contribution >= 4 is 17.3 Å². The van der Waals surface area contributed by atoms with Crippen molar-refractivity contribution in [3.05, 3.63) is 94.2 Å². The summed E-state index contributed by atoms with van der Waals surface area (Å²) >= 11 is 0. The van der Waals surface area contributed by atoms with Crippen LogP contribution in [0.4, 0.5) is 11.4 Å². The van der Waals surface area contributed by atoms with Crippen molar-refractivity contribution in [3.8, 4) is 28.5 Å². The molecule has 4 aromatic rings. The number of amides is 1. The molecule has 0 aliphatic rings. The van der Waals surface area contributed by atoms with Gasteiger partial charge >= 0.3 is 0 Å². The number of aryl methyl sites for hydroxylation is 1. The highest BCUT2D eigenvalue weighted by molar-refractivity contribution is 6.08. The van der Waals surface area contributed by atoms with E-state index < -0.39 is 10.8 Å². The molecule has 4 rings (SSSR count). The number of nitro benzene ring substituents is 1. The monoisotopic (exact) mass is 429 g/mol. The van der Waals surface area contributed by atoms with Gasteiger partial charge in [-0.15, -0.1) is 0 Å². The molecule has 1 aromatic heterocycles. The van der Waals surface area contributed by atoms with Gasteiger partial charge in [0.1, 0.15) is 5.75 Å². The van der Waals surface area contributed by atoms with Crippen LogP contribution in [-0.4, -0.2) is 22.9 Å². The third-order valence-corrected chi connectivity index (χ3v) is 4.96. The summed E-state index contributed by atoms with van der Waals surface area (Å²) in [5, 5.41) is 13.8. The van der Waals surface area contributed by atoms with Gasteiger partial charge in [0, 0.05) is 23.3 Å². The molecule has 0 radical (unpaired) electrons. The molecule has 0 saturated carbocycles. The number of nitro groups is 1. The number of rotatable bonds is 6. The highest BCUT2D eigenvalue weighted by atomic mass is 16.6. The summed E-state index contributed by atoms with van der Waals surface area (Å²) in [6, 6.07) is 18.6. The standard InChI is InChI=1S/C24H19N3O5/c1-15-7-10-17(27(29)30)13-21(15)26-23(28)19-5-3-4-6-20(19)24-25-14-22(32-24)16-8-11-18(31-2)12-9-16/h3-14H,1-2H3,(H,26,28). The topological polar surface area (TPSA) is 108 Å². The Morgan fingerprint density at radius 3 is 2.56 bits per heavy atom. The number of carbonyl (C=O) groups is 1. The minimum atomic E-state index is -0.503. The van der Waals surface area contributed by atoms with Crippen molar-refractivity contribution in [2.75, 3.05) is 12.4 Å². The lowest BCUT2D eigenvalue weighted by atomic mass is 10.1. The maximum absolute atomic E-state index is 13.0. The minimum Gasteiger partial charge on any atom is -0.497 e. The van der Waals surface area contributed by atoms with E-state index in [1.807, 2.05) is 24.3 Å². The number of non-ortho nitro benzene ring substituents is 1. The first-order valence-electron chi connectivity index (χ1n) is 9.72. The predicted molar refractivity (Wildman–Crippen MR) is 120 cm³/mol. The predicted octanol–water partition coefficient (Wildman–Crippen LogP) is 5.49. The fourth-order valence-electron chi connectivity index (χ4n) is 3.20. The van der Waals surface area contributed by atoms with Crippen LogP contribution in [0.2, 0.25) is 0 Å². The van der Waals surface area contributed by atoms with Crippen LogP contribution in [0, 0.1) is 17.0 Å². The van der Waals surface area contributed by atoms with Crippen molar-refractivity contribution in [3.63, 3.8) is 0 Å². The smallest absolute Gasteiger partial charge is 0.271 e. The lowest BCUT2D eigenvalue weighted by Gasteiger charge is -2.10. The molecular weight excluding hydrogens is 410 g/mol. The summed E-state index contributed by atoms with van der Waals surface area (Å²) in [4.78, 5) is 27.9. The normalized spacial score (nSPS) is 10.6. The van der Waals surface area contributed by atoms with E-state index >= 15 is 0 Å². The van der Waals surface area contributed by atoms with Crippen LogP contribution in [0.15, 0.2) is 77.3 Å².